The molecule has 0 radical (unpaired) electrons. The third-order valence-corrected chi connectivity index (χ3v) is 15.0. The van der Waals surface area contributed by atoms with E-state index in [0.717, 1.165) is 38.5 Å². The summed E-state index contributed by atoms with van der Waals surface area (Å²) in [7, 11) is 0. The highest BCUT2D eigenvalue weighted by Gasteiger charge is 2.47. The van der Waals surface area contributed by atoms with Gasteiger partial charge in [0.05, 0.1) is 26.4 Å². The smallest absolute Gasteiger partial charge is 0.306 e. The van der Waals surface area contributed by atoms with E-state index in [1.54, 1.807) is 0 Å². The maximum Gasteiger partial charge on any atom is 0.306 e. The van der Waals surface area contributed by atoms with Crippen molar-refractivity contribution in [2.75, 3.05) is 33.0 Å². The van der Waals surface area contributed by atoms with Crippen LogP contribution in [0.2, 0.25) is 0 Å². The number of hydrogen-bond acceptors (Lipinski definition) is 14. The third-order valence-electron chi connectivity index (χ3n) is 15.0. The molecule has 7 N–H and O–H groups in total. The molecule has 0 amide bonds. The first-order chi connectivity index (χ1) is 36.1. The third kappa shape index (κ3) is 33.9. The van der Waals surface area contributed by atoms with Gasteiger partial charge in [0.1, 0.15) is 54.9 Å². The molecule has 2 saturated heterocycles. The van der Waals surface area contributed by atoms with E-state index in [2.05, 4.69) is 26.0 Å². The molecule has 2 rings (SSSR count). The number of rotatable bonds is 51. The molecule has 2 aliphatic heterocycles. The second kappa shape index (κ2) is 47.7. The van der Waals surface area contributed by atoms with Gasteiger partial charge < -0.3 is 64.2 Å². The highest BCUT2D eigenvalue weighted by Crippen LogP contribution is 2.27. The molecule has 11 atom stereocenters. The summed E-state index contributed by atoms with van der Waals surface area (Å²) in [6, 6.07) is 0. The van der Waals surface area contributed by atoms with Crippen LogP contribution in [0.3, 0.4) is 0 Å². The molecular weight excluding hydrogens is 945 g/mol. The number of unbranched alkanes of at least 4 members (excludes halogenated alkanes) is 35. The van der Waals surface area contributed by atoms with Gasteiger partial charge >= 0.3 is 5.97 Å². The molecule has 438 valence electrons. The Morgan fingerprint density at radius 1 is 0.432 bits per heavy atom. The fraction of sp³-hybridized carbons (Fsp3) is 0.950. The minimum Gasteiger partial charge on any atom is -0.457 e. The lowest BCUT2D eigenvalue weighted by Gasteiger charge is -2.42. The lowest BCUT2D eigenvalue weighted by atomic mass is 9.98. The summed E-state index contributed by atoms with van der Waals surface area (Å²) in [5.41, 5.74) is 0. The van der Waals surface area contributed by atoms with Gasteiger partial charge in [0.2, 0.25) is 0 Å². The van der Waals surface area contributed by atoms with Crippen LogP contribution < -0.4 is 0 Å². The van der Waals surface area contributed by atoms with Crippen molar-refractivity contribution in [2.45, 2.75) is 332 Å². The molecule has 0 aliphatic carbocycles. The minimum atomic E-state index is -1.70. The lowest BCUT2D eigenvalue weighted by Crippen LogP contribution is -2.61. The largest absolute Gasteiger partial charge is 0.457 e. The Hall–Kier alpha value is -1.27. The van der Waals surface area contributed by atoms with Gasteiger partial charge in [-0.1, -0.05) is 231 Å². The van der Waals surface area contributed by atoms with Crippen molar-refractivity contribution in [1.29, 1.82) is 0 Å². The van der Waals surface area contributed by atoms with Crippen LogP contribution in [0.25, 0.3) is 0 Å². The first-order valence-electron chi connectivity index (χ1n) is 30.8. The molecule has 2 aliphatic rings. The van der Waals surface area contributed by atoms with Crippen molar-refractivity contribution < 1.29 is 69.0 Å². The number of aliphatic hydroxyl groups is 7. The van der Waals surface area contributed by atoms with Crippen molar-refractivity contribution in [2.24, 2.45) is 0 Å². The molecule has 11 unspecified atom stereocenters. The Morgan fingerprint density at radius 2 is 0.797 bits per heavy atom. The molecule has 14 nitrogen and oxygen atoms in total. The Balaban J connectivity index is 1.68. The second-order valence-corrected chi connectivity index (χ2v) is 21.9. The summed E-state index contributed by atoms with van der Waals surface area (Å²) in [5, 5.41) is 72.4. The standard InChI is InChI=1S/C60H114O14/c1-3-5-7-9-11-13-15-17-19-21-22-23-24-25-26-27-29-31-33-35-37-39-41-43-52(62)72-49(46-69-44-42-40-38-36-34-32-30-28-20-18-16-14-12-10-8-6-4-2)47-70-59-58(68)56(66)54(64)51(74-59)48-71-60-57(67)55(65)53(63)50(45-61)73-60/h21-22,49-51,53-61,63-68H,3-20,23-48H2,1-2H3/b22-21-. The summed E-state index contributed by atoms with van der Waals surface area (Å²) in [6.07, 6.45) is 37.0. The Kier molecular flexibility index (Phi) is 44.4. The van der Waals surface area contributed by atoms with E-state index >= 15 is 0 Å². The minimum absolute atomic E-state index is 0.0681. The lowest BCUT2D eigenvalue weighted by molar-refractivity contribution is -0.332. The van der Waals surface area contributed by atoms with Gasteiger partial charge in [-0.05, 0) is 38.5 Å². The zero-order valence-corrected chi connectivity index (χ0v) is 47.1. The monoisotopic (exact) mass is 1060 g/mol. The van der Waals surface area contributed by atoms with Crippen molar-refractivity contribution in [1.82, 2.24) is 0 Å². The molecule has 0 saturated carbocycles. The van der Waals surface area contributed by atoms with E-state index in [1.807, 2.05) is 0 Å². The van der Waals surface area contributed by atoms with Crippen molar-refractivity contribution >= 4 is 5.97 Å². The predicted molar refractivity (Wildman–Crippen MR) is 294 cm³/mol. The molecule has 0 aromatic heterocycles. The normalized spacial score (nSPS) is 24.8. The van der Waals surface area contributed by atoms with Crippen LogP contribution in [0.1, 0.15) is 264 Å². The average molecular weight is 1060 g/mol. The molecule has 2 fully saturated rings. The van der Waals surface area contributed by atoms with Crippen LogP contribution in [0.5, 0.6) is 0 Å². The summed E-state index contributed by atoms with van der Waals surface area (Å²) < 4.78 is 34.5. The van der Waals surface area contributed by atoms with Gasteiger partial charge in [0.25, 0.3) is 0 Å². The molecule has 0 aromatic carbocycles. The number of ether oxygens (including phenoxy) is 6. The predicted octanol–water partition coefficient (Wildman–Crippen LogP) is 11.4. The van der Waals surface area contributed by atoms with E-state index in [9.17, 15) is 40.5 Å². The van der Waals surface area contributed by atoms with E-state index in [4.69, 9.17) is 28.4 Å². The number of allylic oxidation sites excluding steroid dienone is 2. The molecule has 14 heteroatoms. The van der Waals surface area contributed by atoms with Crippen LogP contribution in [-0.4, -0.2) is 142 Å². The SMILES string of the molecule is CCCCCCCCCC/C=C\CCCCCCCCCCCCCC(=O)OC(COCCCCCCCCCCCCCCCCCCC)COC1OC(COC2OC(CO)C(O)C(O)C2O)C(O)C(O)C1O. The fourth-order valence-corrected chi connectivity index (χ4v) is 10.0. The van der Waals surface area contributed by atoms with Gasteiger partial charge in [-0.3, -0.25) is 4.79 Å². The Morgan fingerprint density at radius 3 is 1.23 bits per heavy atom. The molecule has 2 heterocycles. The van der Waals surface area contributed by atoms with Crippen LogP contribution >= 0.6 is 0 Å². The highest BCUT2D eigenvalue weighted by molar-refractivity contribution is 5.69. The van der Waals surface area contributed by atoms with Gasteiger partial charge in [-0.2, -0.15) is 0 Å². The van der Waals surface area contributed by atoms with E-state index in [1.165, 1.54) is 199 Å². The molecular formula is C60H114O14. The Bertz CT molecular complexity index is 1270. The number of hydrogen-bond donors (Lipinski definition) is 7. The average Bonchev–Trinajstić information content (AvgIpc) is 3.40. The number of carbonyl (C=O) groups excluding carboxylic acids is 1. The quantitative estimate of drug-likeness (QED) is 0.0172. The number of carbonyl (C=O) groups is 1. The summed E-state index contributed by atoms with van der Waals surface area (Å²) in [4.78, 5) is 13.1. The summed E-state index contributed by atoms with van der Waals surface area (Å²) in [6.45, 7) is 3.76. The summed E-state index contributed by atoms with van der Waals surface area (Å²) >= 11 is 0. The summed E-state index contributed by atoms with van der Waals surface area (Å²) in [5.74, 6) is -0.370. The van der Waals surface area contributed by atoms with Crippen LogP contribution in [-0.2, 0) is 33.2 Å². The van der Waals surface area contributed by atoms with Crippen molar-refractivity contribution in [3.05, 3.63) is 12.2 Å². The first kappa shape index (κ1) is 68.8. The van der Waals surface area contributed by atoms with E-state index in [-0.39, 0.29) is 25.6 Å². The van der Waals surface area contributed by atoms with Crippen LogP contribution in [0.4, 0.5) is 0 Å². The van der Waals surface area contributed by atoms with Gasteiger partial charge in [0, 0.05) is 13.0 Å². The molecule has 0 bridgehead atoms. The van der Waals surface area contributed by atoms with Gasteiger partial charge in [0.15, 0.2) is 12.6 Å². The second-order valence-electron chi connectivity index (χ2n) is 21.9. The zero-order chi connectivity index (χ0) is 53.7. The molecule has 74 heavy (non-hydrogen) atoms. The highest BCUT2D eigenvalue weighted by atomic mass is 16.7. The van der Waals surface area contributed by atoms with Crippen molar-refractivity contribution in [3.63, 3.8) is 0 Å². The maximum atomic E-state index is 13.1. The van der Waals surface area contributed by atoms with Crippen molar-refractivity contribution in [3.8, 4) is 0 Å². The van der Waals surface area contributed by atoms with Gasteiger partial charge in [-0.25, -0.2) is 0 Å². The van der Waals surface area contributed by atoms with Gasteiger partial charge in [-0.15, -0.1) is 0 Å². The van der Waals surface area contributed by atoms with E-state index in [0.29, 0.717) is 13.0 Å². The number of esters is 1. The number of aliphatic hydroxyl groups excluding tert-OH is 7. The van der Waals surface area contributed by atoms with Crippen LogP contribution in [0.15, 0.2) is 12.2 Å². The molecule has 0 aromatic rings. The topological polar surface area (TPSA) is 214 Å². The fourth-order valence-electron chi connectivity index (χ4n) is 10.0. The Labute approximate surface area is 450 Å². The van der Waals surface area contributed by atoms with Crippen LogP contribution in [0, 0.1) is 0 Å². The molecule has 0 spiro atoms. The maximum absolute atomic E-state index is 13.1. The zero-order valence-electron chi connectivity index (χ0n) is 47.1. The van der Waals surface area contributed by atoms with E-state index < -0.39 is 80.7 Å². The first-order valence-corrected chi connectivity index (χ1v) is 30.8.